The molecule has 2 aromatic heterocycles. The Morgan fingerprint density at radius 1 is 1.12 bits per heavy atom. The molecule has 0 aliphatic carbocycles. The maximum atomic E-state index is 12.6. The first-order chi connectivity index (χ1) is 15.9. The highest BCUT2D eigenvalue weighted by atomic mass is 35.5. The molecule has 1 aliphatic heterocycles. The number of aryl methyl sites for hydroxylation is 2. The van der Waals surface area contributed by atoms with Crippen molar-refractivity contribution in [3.05, 3.63) is 64.2 Å². The lowest BCUT2D eigenvalue weighted by Gasteiger charge is -2.31. The smallest absolute Gasteiger partial charge is 0.228 e. The summed E-state index contributed by atoms with van der Waals surface area (Å²) in [5.41, 5.74) is 1.74. The molecule has 7 nitrogen and oxygen atoms in total. The fraction of sp³-hybridized carbons (Fsp3) is 0.333. The van der Waals surface area contributed by atoms with Crippen LogP contribution in [0.5, 0.6) is 0 Å². The molecule has 2 amide bonds. The van der Waals surface area contributed by atoms with Crippen LogP contribution in [0.3, 0.4) is 0 Å². The average molecular weight is 487 g/mol. The number of likely N-dealkylation sites (tertiary alicyclic amines) is 1. The van der Waals surface area contributed by atoms with Gasteiger partial charge in [-0.3, -0.25) is 9.59 Å². The molecule has 0 radical (unpaired) electrons. The van der Waals surface area contributed by atoms with E-state index in [-0.39, 0.29) is 17.7 Å². The largest absolute Gasteiger partial charge is 0.441 e. The van der Waals surface area contributed by atoms with Crippen molar-refractivity contribution in [3.8, 4) is 11.3 Å². The maximum absolute atomic E-state index is 12.6. The summed E-state index contributed by atoms with van der Waals surface area (Å²) in [4.78, 5) is 35.4. The highest BCUT2D eigenvalue weighted by Crippen LogP contribution is 2.31. The Labute approximate surface area is 202 Å². The van der Waals surface area contributed by atoms with Gasteiger partial charge in [0.1, 0.15) is 5.82 Å². The third-order valence-electron chi connectivity index (χ3n) is 5.68. The minimum absolute atomic E-state index is 0.0262. The lowest BCUT2D eigenvalue weighted by Crippen LogP contribution is -2.41. The summed E-state index contributed by atoms with van der Waals surface area (Å²) in [5, 5.41) is 3.88. The zero-order valence-corrected chi connectivity index (χ0v) is 19.7. The molecule has 0 saturated carbocycles. The van der Waals surface area contributed by atoms with E-state index in [1.165, 1.54) is 0 Å². The second-order valence-corrected chi connectivity index (χ2v) is 8.95. The number of hydrogen-bond acceptors (Lipinski definition) is 5. The second kappa shape index (κ2) is 10.4. The van der Waals surface area contributed by atoms with Crippen LogP contribution in [-0.2, 0) is 16.0 Å². The maximum Gasteiger partial charge on any atom is 0.228 e. The molecule has 4 rings (SSSR count). The van der Waals surface area contributed by atoms with Gasteiger partial charge in [0.2, 0.25) is 11.8 Å². The van der Waals surface area contributed by atoms with Crippen molar-refractivity contribution in [1.29, 1.82) is 0 Å². The number of nitrogens with zero attached hydrogens (tertiary/aromatic N) is 3. The van der Waals surface area contributed by atoms with Crippen LogP contribution in [0.15, 0.2) is 47.1 Å². The molecule has 1 saturated heterocycles. The summed E-state index contributed by atoms with van der Waals surface area (Å²) in [5.74, 6) is 1.41. The number of hydrogen-bond donors (Lipinski definition) is 1. The summed E-state index contributed by atoms with van der Waals surface area (Å²) in [7, 11) is 0. The fourth-order valence-corrected chi connectivity index (χ4v) is 4.27. The molecule has 3 aromatic rings. The fourth-order valence-electron chi connectivity index (χ4n) is 3.77. The van der Waals surface area contributed by atoms with Gasteiger partial charge in [-0.05, 0) is 49.6 Å². The van der Waals surface area contributed by atoms with Crippen molar-refractivity contribution < 1.29 is 14.0 Å². The number of oxazole rings is 1. The number of rotatable bonds is 6. The van der Waals surface area contributed by atoms with Gasteiger partial charge in [-0.2, -0.15) is 0 Å². The minimum atomic E-state index is -0.129. The van der Waals surface area contributed by atoms with Crippen molar-refractivity contribution in [2.75, 3.05) is 18.4 Å². The molecule has 0 bridgehead atoms. The van der Waals surface area contributed by atoms with Gasteiger partial charge in [-0.15, -0.1) is 0 Å². The van der Waals surface area contributed by atoms with E-state index in [4.69, 9.17) is 27.6 Å². The Hall–Kier alpha value is -2.90. The number of nitrogens with one attached hydrogen (secondary N) is 1. The molecular formula is C24H24Cl2N4O3. The number of anilines is 1. The molecule has 172 valence electrons. The number of benzene rings is 1. The predicted molar refractivity (Wildman–Crippen MR) is 127 cm³/mol. The first-order valence-electron chi connectivity index (χ1n) is 10.8. The number of pyridine rings is 1. The lowest BCUT2D eigenvalue weighted by atomic mass is 9.95. The molecule has 3 heterocycles. The molecule has 33 heavy (non-hydrogen) atoms. The Kier molecular flexibility index (Phi) is 7.30. The summed E-state index contributed by atoms with van der Waals surface area (Å²) < 4.78 is 5.77. The zero-order valence-electron chi connectivity index (χ0n) is 18.2. The van der Waals surface area contributed by atoms with Gasteiger partial charge in [-0.1, -0.05) is 29.3 Å². The average Bonchev–Trinajstić information content (AvgIpc) is 3.28. The molecule has 0 atom stereocenters. The third-order valence-corrected chi connectivity index (χ3v) is 6.23. The van der Waals surface area contributed by atoms with Crippen LogP contribution in [0.4, 0.5) is 5.82 Å². The third kappa shape index (κ3) is 5.92. The Bertz CT molecular complexity index is 1140. The first-order valence-corrected chi connectivity index (χ1v) is 11.6. The first kappa shape index (κ1) is 23.3. The van der Waals surface area contributed by atoms with Crippen molar-refractivity contribution >= 4 is 40.8 Å². The van der Waals surface area contributed by atoms with Crippen molar-refractivity contribution in [2.45, 2.75) is 32.6 Å². The summed E-state index contributed by atoms with van der Waals surface area (Å²) in [6.45, 7) is 3.05. The van der Waals surface area contributed by atoms with Crippen LogP contribution in [0.1, 0.15) is 30.7 Å². The lowest BCUT2D eigenvalue weighted by molar-refractivity contribution is -0.134. The van der Waals surface area contributed by atoms with Crippen molar-refractivity contribution in [2.24, 2.45) is 5.92 Å². The van der Waals surface area contributed by atoms with E-state index in [9.17, 15) is 9.59 Å². The van der Waals surface area contributed by atoms with Gasteiger partial charge in [0.05, 0.1) is 11.2 Å². The Balaban J connectivity index is 1.24. The number of carbonyl (C=O) groups is 2. The molecule has 9 heteroatoms. The van der Waals surface area contributed by atoms with E-state index in [1.807, 2.05) is 13.0 Å². The minimum Gasteiger partial charge on any atom is -0.441 e. The Morgan fingerprint density at radius 3 is 2.61 bits per heavy atom. The molecule has 1 aliphatic rings. The number of aromatic nitrogens is 2. The van der Waals surface area contributed by atoms with Gasteiger partial charge in [0.15, 0.2) is 11.7 Å². The molecule has 0 unspecified atom stereocenters. The summed E-state index contributed by atoms with van der Waals surface area (Å²) in [6, 6.07) is 8.85. The van der Waals surface area contributed by atoms with Gasteiger partial charge >= 0.3 is 0 Å². The van der Waals surface area contributed by atoms with E-state index >= 15 is 0 Å². The van der Waals surface area contributed by atoms with Gasteiger partial charge in [-0.25, -0.2) is 9.97 Å². The second-order valence-electron chi connectivity index (χ2n) is 8.11. The van der Waals surface area contributed by atoms with Gasteiger partial charge < -0.3 is 14.6 Å². The van der Waals surface area contributed by atoms with E-state index in [0.717, 1.165) is 5.56 Å². The van der Waals surface area contributed by atoms with E-state index < -0.39 is 0 Å². The van der Waals surface area contributed by atoms with Crippen LogP contribution < -0.4 is 5.32 Å². The van der Waals surface area contributed by atoms with E-state index in [1.54, 1.807) is 41.6 Å². The van der Waals surface area contributed by atoms with Crippen LogP contribution >= 0.6 is 23.2 Å². The molecular weight excluding hydrogens is 463 g/mol. The molecule has 1 N–H and O–H groups in total. The number of carbonyl (C=O) groups excluding carboxylic acids is 2. The molecule has 1 fully saturated rings. The van der Waals surface area contributed by atoms with Crippen LogP contribution in [0, 0.1) is 12.8 Å². The number of amides is 2. The normalized spacial score (nSPS) is 14.3. The van der Waals surface area contributed by atoms with Crippen molar-refractivity contribution in [3.63, 3.8) is 0 Å². The highest BCUT2D eigenvalue weighted by molar-refractivity contribution is 6.36. The monoisotopic (exact) mass is 486 g/mol. The zero-order chi connectivity index (χ0) is 23.4. The SMILES string of the molecule is Cc1ccc(NC(=O)C2CCN(C(=O)CCc3ncc(-c4ccc(Cl)cc4Cl)o3)CC2)nc1. The quantitative estimate of drug-likeness (QED) is 0.519. The molecule has 1 aromatic carbocycles. The number of halogens is 2. The predicted octanol–water partition coefficient (Wildman–Crippen LogP) is 5.16. The standard InChI is InChI=1S/C24H24Cl2N4O3/c1-15-2-5-21(27-13-15)29-24(32)16-8-10-30(11-9-16)23(31)7-6-22-28-14-20(33-22)18-4-3-17(25)12-19(18)26/h2-5,12-14,16H,6-11H2,1H3,(H,27,29,32). The van der Waals surface area contributed by atoms with Crippen molar-refractivity contribution in [1.82, 2.24) is 14.9 Å². The Morgan fingerprint density at radius 2 is 1.91 bits per heavy atom. The number of piperidine rings is 1. The van der Waals surface area contributed by atoms with Gasteiger partial charge in [0, 0.05) is 48.6 Å². The molecule has 0 spiro atoms. The van der Waals surface area contributed by atoms with E-state index in [0.29, 0.717) is 71.9 Å². The topological polar surface area (TPSA) is 88.3 Å². The summed E-state index contributed by atoms with van der Waals surface area (Å²) >= 11 is 12.2. The van der Waals surface area contributed by atoms with Crippen LogP contribution in [0.2, 0.25) is 10.0 Å². The highest BCUT2D eigenvalue weighted by Gasteiger charge is 2.27. The van der Waals surface area contributed by atoms with Gasteiger partial charge in [0.25, 0.3) is 0 Å². The van der Waals surface area contributed by atoms with Crippen LogP contribution in [-0.4, -0.2) is 39.8 Å². The summed E-state index contributed by atoms with van der Waals surface area (Å²) in [6.07, 6.45) is 5.25. The van der Waals surface area contributed by atoms with Crippen LogP contribution in [0.25, 0.3) is 11.3 Å². The van der Waals surface area contributed by atoms with E-state index in [2.05, 4.69) is 15.3 Å².